The Morgan fingerprint density at radius 1 is 1.00 bits per heavy atom. The van der Waals surface area contributed by atoms with Gasteiger partial charge in [-0.05, 0) is 23.3 Å². The van der Waals surface area contributed by atoms with Gasteiger partial charge in [-0.1, -0.05) is 73.5 Å². The van der Waals surface area contributed by atoms with Crippen molar-refractivity contribution in [3.63, 3.8) is 0 Å². The Morgan fingerprint density at radius 3 is 2.63 bits per heavy atom. The van der Waals surface area contributed by atoms with Gasteiger partial charge in [-0.15, -0.1) is 10.2 Å². The SMILES string of the molecule is CCCCc1nc(Cl)c(COC)n1Cc1cccc2ccc(-c3ccccc3-c3nn[nH]n3)nc12. The van der Waals surface area contributed by atoms with Crippen molar-refractivity contribution in [2.24, 2.45) is 0 Å². The molecular formula is C26H26ClN7O. The molecule has 0 radical (unpaired) electrons. The number of halogens is 1. The number of tetrazole rings is 1. The summed E-state index contributed by atoms with van der Waals surface area (Å²) in [6, 6.07) is 18.3. The fraction of sp³-hybridized carbons (Fsp3) is 0.269. The Hall–Kier alpha value is -3.62. The molecule has 5 aromatic rings. The molecule has 0 saturated heterocycles. The number of hydrogen-bond donors (Lipinski definition) is 1. The first-order valence-corrected chi connectivity index (χ1v) is 12.0. The number of fused-ring (bicyclic) bond motifs is 1. The van der Waals surface area contributed by atoms with Gasteiger partial charge in [-0.25, -0.2) is 9.97 Å². The number of rotatable bonds is 9. The number of ether oxygens (including phenoxy) is 1. The number of aromatic amines is 1. The van der Waals surface area contributed by atoms with Gasteiger partial charge < -0.3 is 9.30 Å². The third-order valence-corrected chi connectivity index (χ3v) is 6.36. The lowest BCUT2D eigenvalue weighted by molar-refractivity contribution is 0.178. The first-order valence-electron chi connectivity index (χ1n) is 11.6. The highest BCUT2D eigenvalue weighted by molar-refractivity contribution is 6.30. The average molecular weight is 488 g/mol. The molecule has 0 bridgehead atoms. The van der Waals surface area contributed by atoms with Crippen molar-refractivity contribution in [3.8, 4) is 22.6 Å². The molecule has 0 unspecified atom stereocenters. The zero-order valence-electron chi connectivity index (χ0n) is 19.7. The van der Waals surface area contributed by atoms with Crippen molar-refractivity contribution in [2.45, 2.75) is 39.3 Å². The van der Waals surface area contributed by atoms with Crippen molar-refractivity contribution < 1.29 is 4.74 Å². The van der Waals surface area contributed by atoms with E-state index in [9.17, 15) is 0 Å². The molecule has 0 amide bonds. The molecule has 2 aromatic carbocycles. The number of methoxy groups -OCH3 is 1. The van der Waals surface area contributed by atoms with Crippen LogP contribution >= 0.6 is 11.6 Å². The number of para-hydroxylation sites is 1. The van der Waals surface area contributed by atoms with Gasteiger partial charge in [-0.2, -0.15) is 5.21 Å². The molecule has 0 fully saturated rings. The Balaban J connectivity index is 1.60. The smallest absolute Gasteiger partial charge is 0.205 e. The average Bonchev–Trinajstić information content (AvgIpc) is 3.52. The summed E-state index contributed by atoms with van der Waals surface area (Å²) in [5.41, 5.74) is 5.57. The van der Waals surface area contributed by atoms with E-state index in [1.165, 1.54) is 0 Å². The van der Waals surface area contributed by atoms with Gasteiger partial charge in [0.1, 0.15) is 5.82 Å². The van der Waals surface area contributed by atoms with Gasteiger partial charge in [0.05, 0.1) is 30.1 Å². The van der Waals surface area contributed by atoms with Crippen LogP contribution in [0.15, 0.2) is 54.6 Å². The highest BCUT2D eigenvalue weighted by Crippen LogP contribution is 2.31. The van der Waals surface area contributed by atoms with Crippen LogP contribution in [0.5, 0.6) is 0 Å². The van der Waals surface area contributed by atoms with Crippen LogP contribution in [0.4, 0.5) is 0 Å². The molecule has 35 heavy (non-hydrogen) atoms. The number of nitrogens with zero attached hydrogens (tertiary/aromatic N) is 6. The minimum Gasteiger partial charge on any atom is -0.378 e. The lowest BCUT2D eigenvalue weighted by Crippen LogP contribution is -2.10. The summed E-state index contributed by atoms with van der Waals surface area (Å²) in [7, 11) is 1.67. The van der Waals surface area contributed by atoms with Gasteiger partial charge in [0.25, 0.3) is 0 Å². The van der Waals surface area contributed by atoms with Crippen LogP contribution in [0.3, 0.4) is 0 Å². The number of pyridine rings is 1. The van der Waals surface area contributed by atoms with Crippen molar-refractivity contribution in [2.75, 3.05) is 7.11 Å². The van der Waals surface area contributed by atoms with Crippen LogP contribution < -0.4 is 0 Å². The van der Waals surface area contributed by atoms with E-state index >= 15 is 0 Å². The fourth-order valence-electron chi connectivity index (χ4n) is 4.33. The number of hydrogen-bond acceptors (Lipinski definition) is 6. The number of imidazole rings is 1. The number of H-pyrrole nitrogens is 1. The summed E-state index contributed by atoms with van der Waals surface area (Å²) < 4.78 is 7.62. The molecule has 0 aliphatic rings. The van der Waals surface area contributed by atoms with E-state index < -0.39 is 0 Å². The molecule has 3 heterocycles. The standard InChI is InChI=1S/C26H26ClN7O/c1-3-4-12-23-29-25(27)22(16-35-2)34(23)15-18-9-7-8-17-13-14-21(28-24(17)18)19-10-5-6-11-20(19)26-30-32-33-31-26/h5-11,13-14H,3-4,12,15-16H2,1-2H3,(H,30,31,32,33). The molecule has 178 valence electrons. The first kappa shape index (κ1) is 23.1. The summed E-state index contributed by atoms with van der Waals surface area (Å²) >= 11 is 6.52. The molecule has 0 spiro atoms. The van der Waals surface area contributed by atoms with E-state index in [1.54, 1.807) is 7.11 Å². The first-order chi connectivity index (χ1) is 17.2. The molecule has 0 saturated carbocycles. The number of unbranched alkanes of at least 4 members (excludes halogenated alkanes) is 1. The van der Waals surface area contributed by atoms with Gasteiger partial charge >= 0.3 is 0 Å². The van der Waals surface area contributed by atoms with E-state index in [-0.39, 0.29) is 0 Å². The normalized spacial score (nSPS) is 11.4. The van der Waals surface area contributed by atoms with E-state index in [4.69, 9.17) is 21.3 Å². The number of aryl methyl sites for hydroxylation is 1. The van der Waals surface area contributed by atoms with Crippen LogP contribution in [-0.2, 0) is 24.3 Å². The maximum atomic E-state index is 6.52. The zero-order valence-corrected chi connectivity index (χ0v) is 20.5. The lowest BCUT2D eigenvalue weighted by atomic mass is 10.0. The second-order valence-corrected chi connectivity index (χ2v) is 8.71. The summed E-state index contributed by atoms with van der Waals surface area (Å²) in [4.78, 5) is 9.76. The van der Waals surface area contributed by atoms with E-state index in [0.29, 0.717) is 24.1 Å². The Kier molecular flexibility index (Phi) is 6.83. The highest BCUT2D eigenvalue weighted by Gasteiger charge is 2.18. The van der Waals surface area contributed by atoms with Crippen LogP contribution in [0.2, 0.25) is 5.15 Å². The van der Waals surface area contributed by atoms with Crippen LogP contribution in [-0.4, -0.2) is 42.3 Å². The van der Waals surface area contributed by atoms with Crippen molar-refractivity contribution >= 4 is 22.5 Å². The second-order valence-electron chi connectivity index (χ2n) is 8.35. The topological polar surface area (TPSA) is 94.4 Å². The summed E-state index contributed by atoms with van der Waals surface area (Å²) in [6.07, 6.45) is 3.00. The molecule has 9 heteroatoms. The van der Waals surface area contributed by atoms with Gasteiger partial charge in [0.2, 0.25) is 5.82 Å². The lowest BCUT2D eigenvalue weighted by Gasteiger charge is -2.14. The second kappa shape index (κ2) is 10.3. The fourth-order valence-corrected chi connectivity index (χ4v) is 4.58. The van der Waals surface area contributed by atoms with E-state index in [1.807, 2.05) is 30.3 Å². The van der Waals surface area contributed by atoms with Crippen LogP contribution in [0.1, 0.15) is 36.8 Å². The van der Waals surface area contributed by atoms with E-state index in [2.05, 4.69) is 61.4 Å². The molecule has 8 nitrogen and oxygen atoms in total. The van der Waals surface area contributed by atoms with Crippen molar-refractivity contribution in [1.29, 1.82) is 0 Å². The quantitative estimate of drug-likeness (QED) is 0.296. The number of aromatic nitrogens is 7. The maximum Gasteiger partial charge on any atom is 0.205 e. The summed E-state index contributed by atoms with van der Waals surface area (Å²) in [5, 5.41) is 16.1. The largest absolute Gasteiger partial charge is 0.378 e. The van der Waals surface area contributed by atoms with Gasteiger partial charge in [-0.3, -0.25) is 0 Å². The third kappa shape index (κ3) is 4.67. The summed E-state index contributed by atoms with van der Waals surface area (Å²) in [6.45, 7) is 3.19. The minimum atomic E-state index is 0.402. The molecule has 0 aliphatic heterocycles. The van der Waals surface area contributed by atoms with Crippen LogP contribution in [0.25, 0.3) is 33.5 Å². The zero-order chi connectivity index (χ0) is 24.2. The molecule has 0 aliphatic carbocycles. The molecule has 3 aromatic heterocycles. The maximum absolute atomic E-state index is 6.52. The Morgan fingerprint density at radius 2 is 1.86 bits per heavy atom. The molecule has 1 N–H and O–H groups in total. The summed E-state index contributed by atoms with van der Waals surface area (Å²) in [5.74, 6) is 1.51. The van der Waals surface area contributed by atoms with Crippen molar-refractivity contribution in [1.82, 2.24) is 35.2 Å². The third-order valence-electron chi connectivity index (χ3n) is 6.06. The number of benzene rings is 2. The van der Waals surface area contributed by atoms with E-state index in [0.717, 1.165) is 64.1 Å². The number of nitrogens with one attached hydrogen (secondary N) is 1. The Labute approximate surface area is 208 Å². The monoisotopic (exact) mass is 487 g/mol. The predicted octanol–water partition coefficient (Wildman–Crippen LogP) is 5.47. The predicted molar refractivity (Wildman–Crippen MR) is 136 cm³/mol. The molecule has 0 atom stereocenters. The highest BCUT2D eigenvalue weighted by atomic mass is 35.5. The van der Waals surface area contributed by atoms with Gasteiger partial charge in [0, 0.05) is 30.0 Å². The molecular weight excluding hydrogens is 462 g/mol. The Bertz CT molecular complexity index is 1450. The van der Waals surface area contributed by atoms with Crippen LogP contribution in [0, 0.1) is 0 Å². The minimum absolute atomic E-state index is 0.402. The van der Waals surface area contributed by atoms with Gasteiger partial charge in [0.15, 0.2) is 5.15 Å². The van der Waals surface area contributed by atoms with Crippen molar-refractivity contribution in [3.05, 3.63) is 76.8 Å². The molecule has 5 rings (SSSR count).